The molecular weight excluding hydrogens is 314 g/mol. The van der Waals surface area contributed by atoms with Crippen LogP contribution in [-0.2, 0) is 6.42 Å². The SMILES string of the molecule is CCOc1ncccc1CCC(=O)n1sc2ncccc2c1=O. The molecule has 0 unspecified atom stereocenters. The number of carbonyl (C=O) groups excluding carboxylic acids is 1. The smallest absolute Gasteiger partial charge is 0.277 e. The van der Waals surface area contributed by atoms with Gasteiger partial charge in [-0.05, 0) is 43.1 Å². The first-order valence-electron chi connectivity index (χ1n) is 7.27. The minimum Gasteiger partial charge on any atom is -0.478 e. The zero-order valence-electron chi connectivity index (χ0n) is 12.6. The van der Waals surface area contributed by atoms with Crippen LogP contribution in [0, 0.1) is 0 Å². The largest absolute Gasteiger partial charge is 0.478 e. The molecular formula is C16H15N3O3S. The summed E-state index contributed by atoms with van der Waals surface area (Å²) in [7, 11) is 0. The number of hydrogen-bond acceptors (Lipinski definition) is 6. The van der Waals surface area contributed by atoms with E-state index in [1.165, 1.54) is 3.96 Å². The zero-order valence-corrected chi connectivity index (χ0v) is 13.4. The molecule has 3 rings (SSSR count). The fourth-order valence-corrected chi connectivity index (χ4v) is 3.16. The van der Waals surface area contributed by atoms with Crippen LogP contribution in [0.4, 0.5) is 0 Å². The molecule has 0 aliphatic carbocycles. The molecule has 0 aliphatic heterocycles. The van der Waals surface area contributed by atoms with Gasteiger partial charge >= 0.3 is 0 Å². The van der Waals surface area contributed by atoms with E-state index in [2.05, 4.69) is 9.97 Å². The summed E-state index contributed by atoms with van der Waals surface area (Å²) in [5.41, 5.74) is 0.550. The summed E-state index contributed by atoms with van der Waals surface area (Å²) >= 11 is 1.08. The van der Waals surface area contributed by atoms with Gasteiger partial charge < -0.3 is 4.74 Å². The topological polar surface area (TPSA) is 74.1 Å². The number of aromatic nitrogens is 3. The van der Waals surface area contributed by atoms with Crippen molar-refractivity contribution in [3.8, 4) is 5.88 Å². The molecule has 7 heteroatoms. The highest BCUT2D eigenvalue weighted by Gasteiger charge is 2.15. The maximum absolute atomic E-state index is 12.4. The monoisotopic (exact) mass is 329 g/mol. The van der Waals surface area contributed by atoms with E-state index in [0.717, 1.165) is 17.1 Å². The van der Waals surface area contributed by atoms with E-state index in [1.807, 2.05) is 13.0 Å². The van der Waals surface area contributed by atoms with Gasteiger partial charge in [0.05, 0.1) is 12.0 Å². The number of rotatable bonds is 5. The lowest BCUT2D eigenvalue weighted by atomic mass is 10.1. The number of hydrogen-bond donors (Lipinski definition) is 0. The third-order valence-electron chi connectivity index (χ3n) is 3.33. The number of nitrogens with zero attached hydrogens (tertiary/aromatic N) is 3. The van der Waals surface area contributed by atoms with E-state index in [0.29, 0.717) is 29.1 Å². The zero-order chi connectivity index (χ0) is 16.2. The molecule has 0 bridgehead atoms. The Hall–Kier alpha value is -2.54. The Morgan fingerprint density at radius 1 is 1.26 bits per heavy atom. The van der Waals surface area contributed by atoms with Crippen molar-refractivity contribution in [3.05, 3.63) is 52.6 Å². The maximum Gasteiger partial charge on any atom is 0.277 e. The van der Waals surface area contributed by atoms with Crippen molar-refractivity contribution < 1.29 is 9.53 Å². The second-order valence-electron chi connectivity index (χ2n) is 4.84. The van der Waals surface area contributed by atoms with Gasteiger partial charge in [0.2, 0.25) is 11.8 Å². The average Bonchev–Trinajstić information content (AvgIpc) is 2.91. The average molecular weight is 329 g/mol. The minimum atomic E-state index is -0.306. The summed E-state index contributed by atoms with van der Waals surface area (Å²) in [6.45, 7) is 2.40. The molecule has 0 radical (unpaired) electrons. The summed E-state index contributed by atoms with van der Waals surface area (Å²) in [5.74, 6) is 0.289. The standard InChI is InChI=1S/C16H15N3O3S/c1-2-22-14-11(5-3-9-17-14)7-8-13(20)19-16(21)12-6-4-10-18-15(12)23-19/h3-6,9-10H,2,7-8H2,1H3. The van der Waals surface area contributed by atoms with Crippen molar-refractivity contribution in [2.45, 2.75) is 19.8 Å². The van der Waals surface area contributed by atoms with Crippen molar-refractivity contribution in [2.24, 2.45) is 0 Å². The van der Waals surface area contributed by atoms with Gasteiger partial charge in [0, 0.05) is 24.4 Å². The van der Waals surface area contributed by atoms with Crippen LogP contribution in [0.2, 0.25) is 0 Å². The lowest BCUT2D eigenvalue weighted by Crippen LogP contribution is -2.21. The van der Waals surface area contributed by atoms with Gasteiger partial charge in [-0.3, -0.25) is 9.59 Å². The Morgan fingerprint density at radius 3 is 2.83 bits per heavy atom. The minimum absolute atomic E-state index is 0.207. The number of fused-ring (bicyclic) bond motifs is 1. The first-order valence-corrected chi connectivity index (χ1v) is 8.05. The number of aryl methyl sites for hydroxylation is 1. The summed E-state index contributed by atoms with van der Waals surface area (Å²) in [6, 6.07) is 7.05. The van der Waals surface area contributed by atoms with Gasteiger partial charge in [0.1, 0.15) is 4.83 Å². The van der Waals surface area contributed by atoms with Crippen LogP contribution < -0.4 is 10.3 Å². The summed E-state index contributed by atoms with van der Waals surface area (Å²) in [6.07, 6.45) is 3.93. The molecule has 0 saturated carbocycles. The van der Waals surface area contributed by atoms with E-state index >= 15 is 0 Å². The van der Waals surface area contributed by atoms with E-state index in [9.17, 15) is 9.59 Å². The fourth-order valence-electron chi connectivity index (χ4n) is 2.25. The molecule has 0 aromatic carbocycles. The molecule has 3 aromatic rings. The summed E-state index contributed by atoms with van der Waals surface area (Å²) < 4.78 is 6.62. The normalized spacial score (nSPS) is 10.8. The molecule has 23 heavy (non-hydrogen) atoms. The van der Waals surface area contributed by atoms with Crippen molar-refractivity contribution in [3.63, 3.8) is 0 Å². The third-order valence-corrected chi connectivity index (χ3v) is 4.38. The molecule has 0 fully saturated rings. The number of ether oxygens (including phenoxy) is 1. The molecule has 0 saturated heterocycles. The van der Waals surface area contributed by atoms with Crippen molar-refractivity contribution in [1.82, 2.24) is 13.9 Å². The molecule has 6 nitrogen and oxygen atoms in total. The van der Waals surface area contributed by atoms with Crippen LogP contribution in [0.15, 0.2) is 41.5 Å². The van der Waals surface area contributed by atoms with Gasteiger partial charge in [-0.1, -0.05) is 6.07 Å². The first kappa shape index (κ1) is 15.4. The highest BCUT2D eigenvalue weighted by Crippen LogP contribution is 2.18. The Bertz CT molecular complexity index is 901. The molecule has 118 valence electrons. The van der Waals surface area contributed by atoms with Crippen LogP contribution >= 0.6 is 11.5 Å². The Morgan fingerprint density at radius 2 is 2.04 bits per heavy atom. The van der Waals surface area contributed by atoms with Crippen LogP contribution in [0.3, 0.4) is 0 Å². The van der Waals surface area contributed by atoms with E-state index in [4.69, 9.17) is 4.74 Å². The summed E-state index contributed by atoms with van der Waals surface area (Å²) in [5, 5.41) is 0.474. The lowest BCUT2D eigenvalue weighted by molar-refractivity contribution is 0.0912. The van der Waals surface area contributed by atoms with Gasteiger partial charge in [-0.15, -0.1) is 0 Å². The first-order chi connectivity index (χ1) is 11.2. The molecule has 0 atom stereocenters. The van der Waals surface area contributed by atoms with Crippen LogP contribution in [0.25, 0.3) is 10.2 Å². The Balaban J connectivity index is 1.79. The predicted molar refractivity (Wildman–Crippen MR) is 88.2 cm³/mol. The second kappa shape index (κ2) is 6.70. The molecule has 3 heterocycles. The van der Waals surface area contributed by atoms with Gasteiger partial charge in [0.15, 0.2) is 0 Å². The lowest BCUT2D eigenvalue weighted by Gasteiger charge is -2.07. The highest BCUT2D eigenvalue weighted by atomic mass is 32.1. The van der Waals surface area contributed by atoms with Crippen LogP contribution in [-0.4, -0.2) is 26.4 Å². The fraction of sp³-hybridized carbons (Fsp3) is 0.250. The van der Waals surface area contributed by atoms with E-state index in [1.54, 1.807) is 30.6 Å². The Labute approximate surface area is 136 Å². The molecule has 0 aliphatic rings. The van der Waals surface area contributed by atoms with Gasteiger partial charge in [-0.2, -0.15) is 3.96 Å². The second-order valence-corrected chi connectivity index (χ2v) is 5.78. The van der Waals surface area contributed by atoms with Crippen molar-refractivity contribution in [1.29, 1.82) is 0 Å². The van der Waals surface area contributed by atoms with Gasteiger partial charge in [-0.25, -0.2) is 9.97 Å². The number of pyridine rings is 2. The molecule has 0 amide bonds. The van der Waals surface area contributed by atoms with Crippen molar-refractivity contribution >= 4 is 27.7 Å². The highest BCUT2D eigenvalue weighted by molar-refractivity contribution is 7.14. The van der Waals surface area contributed by atoms with Crippen LogP contribution in [0.1, 0.15) is 23.7 Å². The quantitative estimate of drug-likeness (QED) is 0.719. The molecule has 0 N–H and O–H groups in total. The molecule has 0 spiro atoms. The predicted octanol–water partition coefficient (Wildman–Crippen LogP) is 2.52. The van der Waals surface area contributed by atoms with E-state index < -0.39 is 0 Å². The Kier molecular flexibility index (Phi) is 4.47. The van der Waals surface area contributed by atoms with Crippen LogP contribution in [0.5, 0.6) is 5.88 Å². The number of carbonyl (C=O) groups is 1. The third kappa shape index (κ3) is 3.14. The molecule has 3 aromatic heterocycles. The van der Waals surface area contributed by atoms with Crippen molar-refractivity contribution in [2.75, 3.05) is 6.61 Å². The van der Waals surface area contributed by atoms with Gasteiger partial charge in [0.25, 0.3) is 5.56 Å². The van der Waals surface area contributed by atoms with E-state index in [-0.39, 0.29) is 17.9 Å². The summed E-state index contributed by atoms with van der Waals surface area (Å²) in [4.78, 5) is 33.4. The maximum atomic E-state index is 12.4.